The van der Waals surface area contributed by atoms with E-state index in [1.165, 1.54) is 4.90 Å². The molecule has 3 atom stereocenters. The van der Waals surface area contributed by atoms with Crippen LogP contribution in [0.1, 0.15) is 56.2 Å². The molecule has 0 aliphatic carbocycles. The number of nitrogens with zero attached hydrogens (tertiary/aromatic N) is 4. The fourth-order valence-electron chi connectivity index (χ4n) is 4.80. The summed E-state index contributed by atoms with van der Waals surface area (Å²) >= 11 is 1.57. The van der Waals surface area contributed by atoms with Crippen LogP contribution in [0, 0.1) is 0 Å². The summed E-state index contributed by atoms with van der Waals surface area (Å²) in [6.45, 7) is -0.0199. The molecule has 0 radical (unpaired) electrons. The van der Waals surface area contributed by atoms with Crippen molar-refractivity contribution >= 4 is 29.3 Å². The highest BCUT2D eigenvalue weighted by Gasteiger charge is 2.37. The summed E-state index contributed by atoms with van der Waals surface area (Å²) in [6.07, 6.45) is 1.30. The Bertz CT molecular complexity index is 1470. The summed E-state index contributed by atoms with van der Waals surface area (Å²) in [6, 6.07) is 21.7. The minimum Gasteiger partial charge on any atom is -0.392 e. The highest BCUT2D eigenvalue weighted by atomic mass is 32.2. The van der Waals surface area contributed by atoms with E-state index in [9.17, 15) is 14.7 Å². The first-order valence-corrected chi connectivity index (χ1v) is 13.6. The van der Waals surface area contributed by atoms with E-state index in [4.69, 9.17) is 9.47 Å². The molecule has 0 bridgehead atoms. The number of carbonyl (C=O) groups excluding carboxylic acids is 2. The molecule has 1 N–H and O–H groups in total. The maximum Gasteiger partial charge on any atom is 0.266 e. The fourth-order valence-corrected chi connectivity index (χ4v) is 5.70. The number of aliphatic hydroxyl groups excluding tert-OH is 1. The number of aromatic nitrogens is 3. The maximum atomic E-state index is 12.9. The van der Waals surface area contributed by atoms with E-state index in [0.717, 1.165) is 21.8 Å². The second kappa shape index (κ2) is 10.7. The molecule has 6 rings (SSSR count). The number of rotatable bonds is 7. The van der Waals surface area contributed by atoms with Gasteiger partial charge in [-0.3, -0.25) is 9.59 Å². The third-order valence-corrected chi connectivity index (χ3v) is 8.07. The Labute approximate surface area is 229 Å². The van der Waals surface area contributed by atoms with E-state index in [1.807, 2.05) is 48.0 Å². The number of benzene rings is 3. The Balaban J connectivity index is 1.23. The van der Waals surface area contributed by atoms with E-state index in [-0.39, 0.29) is 30.6 Å². The summed E-state index contributed by atoms with van der Waals surface area (Å²) in [7, 11) is 1.90. The number of fused-ring (bicyclic) bond motifs is 1. The minimum absolute atomic E-state index is 0.0199. The van der Waals surface area contributed by atoms with Crippen molar-refractivity contribution in [3.8, 4) is 0 Å². The molecule has 198 valence electrons. The molecule has 3 aromatic carbocycles. The van der Waals surface area contributed by atoms with Crippen LogP contribution in [0.15, 0.2) is 84.3 Å². The number of amides is 2. The van der Waals surface area contributed by atoms with E-state index in [1.54, 1.807) is 54.5 Å². The zero-order valence-electron chi connectivity index (χ0n) is 21.1. The maximum absolute atomic E-state index is 12.9. The molecule has 4 aromatic rings. The van der Waals surface area contributed by atoms with Crippen molar-refractivity contribution < 1.29 is 24.2 Å². The summed E-state index contributed by atoms with van der Waals surface area (Å²) < 4.78 is 14.6. The Kier molecular flexibility index (Phi) is 7.01. The van der Waals surface area contributed by atoms with Crippen LogP contribution in [0.25, 0.3) is 0 Å². The smallest absolute Gasteiger partial charge is 0.266 e. The van der Waals surface area contributed by atoms with Crippen LogP contribution >= 0.6 is 11.8 Å². The number of hydrogen-bond donors (Lipinski definition) is 1. The molecule has 2 aliphatic heterocycles. The highest BCUT2D eigenvalue weighted by molar-refractivity contribution is 7.99. The molecule has 2 amide bonds. The molecule has 1 fully saturated rings. The van der Waals surface area contributed by atoms with Gasteiger partial charge in [-0.1, -0.05) is 60.3 Å². The van der Waals surface area contributed by atoms with Crippen LogP contribution in [0.2, 0.25) is 0 Å². The predicted molar refractivity (Wildman–Crippen MR) is 144 cm³/mol. The van der Waals surface area contributed by atoms with Gasteiger partial charge in [0.2, 0.25) is 0 Å². The molecule has 0 unspecified atom stereocenters. The second-order valence-corrected chi connectivity index (χ2v) is 10.5. The number of carbonyl (C=O) groups is 2. The number of imide groups is 1. The molecule has 39 heavy (non-hydrogen) atoms. The van der Waals surface area contributed by atoms with Gasteiger partial charge >= 0.3 is 0 Å². The van der Waals surface area contributed by atoms with Gasteiger partial charge in [0.1, 0.15) is 6.33 Å². The molecular weight excluding hydrogens is 516 g/mol. The number of thioether (sulfide) groups is 1. The third kappa shape index (κ3) is 4.99. The first-order valence-electron chi connectivity index (χ1n) is 12.6. The van der Waals surface area contributed by atoms with Crippen LogP contribution in [-0.2, 0) is 23.1 Å². The van der Waals surface area contributed by atoms with Gasteiger partial charge in [-0.25, -0.2) is 4.90 Å². The average molecular weight is 543 g/mol. The number of aryl methyl sites for hydroxylation is 1. The topological polar surface area (TPSA) is 107 Å². The van der Waals surface area contributed by atoms with Gasteiger partial charge in [0.05, 0.1) is 35.6 Å². The van der Waals surface area contributed by atoms with Gasteiger partial charge < -0.3 is 19.1 Å². The van der Waals surface area contributed by atoms with Crippen molar-refractivity contribution in [3.05, 3.63) is 107 Å². The van der Waals surface area contributed by atoms with Crippen LogP contribution in [0.5, 0.6) is 0 Å². The van der Waals surface area contributed by atoms with Crippen molar-refractivity contribution in [2.45, 2.75) is 36.7 Å². The van der Waals surface area contributed by atoms with Crippen LogP contribution < -0.4 is 4.90 Å². The SMILES string of the molecule is Cn1cnnc1SC[C@@H]1C[C@H](c2ccc(CO)cc2)O[C@H](c2ccc(N3C(=O)c4ccccc4C3=O)cc2)O1. The van der Waals surface area contributed by atoms with Crippen LogP contribution in [0.4, 0.5) is 5.69 Å². The first-order chi connectivity index (χ1) is 19.0. The van der Waals surface area contributed by atoms with Crippen molar-refractivity contribution in [1.29, 1.82) is 0 Å². The van der Waals surface area contributed by atoms with Crippen molar-refractivity contribution in [2.75, 3.05) is 10.7 Å². The lowest BCUT2D eigenvalue weighted by atomic mass is 10.0. The molecule has 2 aliphatic rings. The Morgan fingerprint density at radius 1 is 0.923 bits per heavy atom. The van der Waals surface area contributed by atoms with Crippen molar-refractivity contribution in [3.63, 3.8) is 0 Å². The number of hydrogen-bond acceptors (Lipinski definition) is 8. The highest BCUT2D eigenvalue weighted by Crippen LogP contribution is 2.40. The van der Waals surface area contributed by atoms with Gasteiger partial charge in [0.25, 0.3) is 11.8 Å². The number of anilines is 1. The van der Waals surface area contributed by atoms with Crippen molar-refractivity contribution in [1.82, 2.24) is 14.8 Å². The Morgan fingerprint density at radius 2 is 1.59 bits per heavy atom. The third-order valence-electron chi connectivity index (χ3n) is 6.90. The Hall–Kier alpha value is -3.83. The standard InChI is InChI=1S/C29H26N4O5S/c1-32-17-30-31-29(32)39-16-22-14-25(19-8-6-18(15-34)7-9-19)38-28(37-22)20-10-12-21(13-11-20)33-26(35)23-4-2-3-5-24(23)27(33)36/h2-13,17,22,25,28,34H,14-16H2,1H3/t22-,25+,28+/m0/s1. The largest absolute Gasteiger partial charge is 0.392 e. The summed E-state index contributed by atoms with van der Waals surface area (Å²) in [5.41, 5.74) is 3.91. The lowest BCUT2D eigenvalue weighted by molar-refractivity contribution is -0.245. The molecule has 1 saturated heterocycles. The molecule has 0 saturated carbocycles. The average Bonchev–Trinajstić information content (AvgIpc) is 3.51. The van der Waals surface area contributed by atoms with Gasteiger partial charge in [0.15, 0.2) is 11.4 Å². The molecule has 1 aromatic heterocycles. The van der Waals surface area contributed by atoms with Gasteiger partial charge in [-0.2, -0.15) is 0 Å². The quantitative estimate of drug-likeness (QED) is 0.270. The van der Waals surface area contributed by atoms with Gasteiger partial charge in [0, 0.05) is 24.8 Å². The van der Waals surface area contributed by atoms with Crippen LogP contribution in [0.3, 0.4) is 0 Å². The molecule has 3 heterocycles. The lowest BCUT2D eigenvalue weighted by Gasteiger charge is -2.36. The minimum atomic E-state index is -0.650. The van der Waals surface area contributed by atoms with E-state index >= 15 is 0 Å². The second-order valence-electron chi connectivity index (χ2n) is 9.47. The normalized spacial score (nSPS) is 20.9. The van der Waals surface area contributed by atoms with E-state index in [0.29, 0.717) is 29.0 Å². The molecule has 9 nitrogen and oxygen atoms in total. The lowest BCUT2D eigenvalue weighted by Crippen LogP contribution is -2.31. The zero-order chi connectivity index (χ0) is 26.9. The Morgan fingerprint density at radius 3 is 2.21 bits per heavy atom. The zero-order valence-corrected chi connectivity index (χ0v) is 22.0. The predicted octanol–water partition coefficient (Wildman–Crippen LogP) is 4.45. The van der Waals surface area contributed by atoms with Gasteiger partial charge in [-0.05, 0) is 35.4 Å². The summed E-state index contributed by atoms with van der Waals surface area (Å²) in [5.74, 6) is -0.00776. The van der Waals surface area contributed by atoms with Crippen LogP contribution in [-0.4, -0.2) is 43.5 Å². The van der Waals surface area contributed by atoms with Gasteiger partial charge in [-0.15, -0.1) is 10.2 Å². The van der Waals surface area contributed by atoms with Crippen molar-refractivity contribution in [2.24, 2.45) is 7.05 Å². The fraction of sp³-hybridized carbons (Fsp3) is 0.241. The number of ether oxygens (including phenoxy) is 2. The number of aliphatic hydroxyl groups is 1. The summed E-state index contributed by atoms with van der Waals surface area (Å²) in [4.78, 5) is 27.0. The van der Waals surface area contributed by atoms with E-state index < -0.39 is 6.29 Å². The molecule has 0 spiro atoms. The summed E-state index contributed by atoms with van der Waals surface area (Å²) in [5, 5.41) is 18.3. The first kappa shape index (κ1) is 25.4. The molecular formula is C29H26N4O5S. The van der Waals surface area contributed by atoms with E-state index in [2.05, 4.69) is 10.2 Å². The monoisotopic (exact) mass is 542 g/mol. The molecule has 10 heteroatoms.